The van der Waals surface area contributed by atoms with Crippen LogP contribution >= 0.6 is 15.9 Å². The largest absolute Gasteiger partial charge is 0.299 e. The standard InChI is InChI=1S/C14H17BrN2/c1-2-7-17-14(10-16)6-5-11-8-13(15)4-3-12(11)9-14/h3-4,8,17H,2,5-7,9H2,1H3. The van der Waals surface area contributed by atoms with Crippen LogP contribution in [0.2, 0.25) is 0 Å². The zero-order valence-corrected chi connectivity index (χ0v) is 11.7. The second kappa shape index (κ2) is 5.20. The van der Waals surface area contributed by atoms with Crippen molar-refractivity contribution in [3.05, 3.63) is 33.8 Å². The third-order valence-corrected chi connectivity index (χ3v) is 3.90. The Morgan fingerprint density at radius 3 is 3.00 bits per heavy atom. The van der Waals surface area contributed by atoms with Gasteiger partial charge < -0.3 is 0 Å². The van der Waals surface area contributed by atoms with Crippen LogP contribution in [0.1, 0.15) is 30.9 Å². The van der Waals surface area contributed by atoms with Crippen molar-refractivity contribution in [2.75, 3.05) is 6.54 Å². The van der Waals surface area contributed by atoms with Gasteiger partial charge in [-0.25, -0.2) is 0 Å². The zero-order valence-electron chi connectivity index (χ0n) is 10.1. The first-order valence-electron chi connectivity index (χ1n) is 6.13. The summed E-state index contributed by atoms with van der Waals surface area (Å²) in [7, 11) is 0. The molecule has 1 unspecified atom stereocenters. The lowest BCUT2D eigenvalue weighted by Crippen LogP contribution is -2.48. The highest BCUT2D eigenvalue weighted by Crippen LogP contribution is 2.30. The van der Waals surface area contributed by atoms with E-state index in [0.29, 0.717) is 0 Å². The van der Waals surface area contributed by atoms with Crippen molar-refractivity contribution in [2.45, 2.75) is 38.1 Å². The molecule has 2 rings (SSSR count). The lowest BCUT2D eigenvalue weighted by molar-refractivity contribution is 0.367. The third-order valence-electron chi connectivity index (χ3n) is 3.41. The summed E-state index contributed by atoms with van der Waals surface area (Å²) < 4.78 is 1.13. The fourth-order valence-electron chi connectivity index (χ4n) is 2.41. The van der Waals surface area contributed by atoms with Crippen LogP contribution in [0.4, 0.5) is 0 Å². The molecular weight excluding hydrogens is 276 g/mol. The van der Waals surface area contributed by atoms with Gasteiger partial charge in [0.05, 0.1) is 6.07 Å². The quantitative estimate of drug-likeness (QED) is 0.929. The van der Waals surface area contributed by atoms with E-state index in [0.717, 1.165) is 36.7 Å². The summed E-state index contributed by atoms with van der Waals surface area (Å²) in [6, 6.07) is 8.86. The van der Waals surface area contributed by atoms with Gasteiger partial charge in [-0.3, -0.25) is 5.32 Å². The fourth-order valence-corrected chi connectivity index (χ4v) is 2.82. The van der Waals surface area contributed by atoms with Crippen molar-refractivity contribution < 1.29 is 0 Å². The summed E-state index contributed by atoms with van der Waals surface area (Å²) in [6.07, 6.45) is 3.79. The first kappa shape index (κ1) is 12.6. The summed E-state index contributed by atoms with van der Waals surface area (Å²) >= 11 is 3.50. The molecule has 0 amide bonds. The monoisotopic (exact) mass is 292 g/mol. The number of aryl methyl sites for hydroxylation is 1. The normalized spacial score (nSPS) is 22.9. The van der Waals surface area contributed by atoms with E-state index in [2.05, 4.69) is 52.4 Å². The molecule has 0 bridgehead atoms. The van der Waals surface area contributed by atoms with Gasteiger partial charge in [0.25, 0.3) is 0 Å². The molecule has 1 atom stereocenters. The number of rotatable bonds is 3. The minimum absolute atomic E-state index is 0.350. The second-order valence-corrected chi connectivity index (χ2v) is 5.63. The Morgan fingerprint density at radius 1 is 1.47 bits per heavy atom. The van der Waals surface area contributed by atoms with Gasteiger partial charge >= 0.3 is 0 Å². The molecule has 0 aliphatic heterocycles. The molecule has 1 N–H and O–H groups in total. The predicted molar refractivity (Wildman–Crippen MR) is 72.8 cm³/mol. The molecule has 0 aromatic heterocycles. The van der Waals surface area contributed by atoms with E-state index < -0.39 is 0 Å². The smallest absolute Gasteiger partial charge is 0.111 e. The molecule has 1 aliphatic carbocycles. The predicted octanol–water partition coefficient (Wildman–Crippen LogP) is 3.20. The number of hydrogen-bond acceptors (Lipinski definition) is 2. The molecule has 17 heavy (non-hydrogen) atoms. The topological polar surface area (TPSA) is 35.8 Å². The SMILES string of the molecule is CCCNC1(C#N)CCc2cc(Br)ccc2C1. The maximum Gasteiger partial charge on any atom is 0.111 e. The molecule has 0 radical (unpaired) electrons. The highest BCUT2D eigenvalue weighted by Gasteiger charge is 2.33. The van der Waals surface area contributed by atoms with Crippen molar-refractivity contribution in [3.8, 4) is 6.07 Å². The maximum absolute atomic E-state index is 9.43. The first-order valence-corrected chi connectivity index (χ1v) is 6.92. The van der Waals surface area contributed by atoms with E-state index in [9.17, 15) is 5.26 Å². The van der Waals surface area contributed by atoms with E-state index >= 15 is 0 Å². The molecular formula is C14H17BrN2. The molecule has 0 spiro atoms. The Morgan fingerprint density at radius 2 is 2.29 bits per heavy atom. The zero-order chi connectivity index (χ0) is 12.3. The van der Waals surface area contributed by atoms with Gasteiger partial charge in [0.1, 0.15) is 5.54 Å². The lowest BCUT2D eigenvalue weighted by Gasteiger charge is -2.33. The minimum Gasteiger partial charge on any atom is -0.299 e. The van der Waals surface area contributed by atoms with Crippen LogP contribution in [0.3, 0.4) is 0 Å². The number of nitrogens with one attached hydrogen (secondary N) is 1. The Hall–Kier alpha value is -0.850. The van der Waals surface area contributed by atoms with Crippen molar-refractivity contribution in [3.63, 3.8) is 0 Å². The van der Waals surface area contributed by atoms with Crippen molar-refractivity contribution >= 4 is 15.9 Å². The van der Waals surface area contributed by atoms with E-state index in [1.807, 2.05) is 0 Å². The first-order chi connectivity index (χ1) is 8.19. The minimum atomic E-state index is -0.350. The third kappa shape index (κ3) is 2.70. The Kier molecular flexibility index (Phi) is 3.86. The van der Waals surface area contributed by atoms with Crippen molar-refractivity contribution in [2.24, 2.45) is 0 Å². The number of nitrogens with zero attached hydrogens (tertiary/aromatic N) is 1. The molecule has 90 valence electrons. The van der Waals surface area contributed by atoms with Gasteiger partial charge in [0.2, 0.25) is 0 Å². The fraction of sp³-hybridized carbons (Fsp3) is 0.500. The Labute approximate surface area is 111 Å². The molecule has 2 nitrogen and oxygen atoms in total. The summed E-state index contributed by atoms with van der Waals surface area (Å²) in [5, 5.41) is 12.8. The molecule has 1 aromatic rings. The molecule has 0 saturated carbocycles. The van der Waals surface area contributed by atoms with Gasteiger partial charge in [0, 0.05) is 10.9 Å². The van der Waals surface area contributed by atoms with Crippen LogP contribution in [-0.2, 0) is 12.8 Å². The van der Waals surface area contributed by atoms with E-state index in [4.69, 9.17) is 0 Å². The average molecular weight is 293 g/mol. The molecule has 0 saturated heterocycles. The van der Waals surface area contributed by atoms with Crippen LogP contribution in [0.25, 0.3) is 0 Å². The highest BCUT2D eigenvalue weighted by atomic mass is 79.9. The van der Waals surface area contributed by atoms with Crippen LogP contribution in [0.5, 0.6) is 0 Å². The summed E-state index contributed by atoms with van der Waals surface area (Å²) in [5.74, 6) is 0. The number of fused-ring (bicyclic) bond motifs is 1. The van der Waals surface area contributed by atoms with E-state index in [1.54, 1.807) is 0 Å². The van der Waals surface area contributed by atoms with Crippen LogP contribution in [0, 0.1) is 11.3 Å². The molecule has 0 heterocycles. The van der Waals surface area contributed by atoms with Crippen molar-refractivity contribution in [1.29, 1.82) is 5.26 Å². The molecule has 0 fully saturated rings. The van der Waals surface area contributed by atoms with E-state index in [1.165, 1.54) is 11.1 Å². The Bertz CT molecular complexity index is 450. The number of benzene rings is 1. The van der Waals surface area contributed by atoms with Gasteiger partial charge in [-0.15, -0.1) is 0 Å². The molecule has 1 aromatic carbocycles. The number of hydrogen-bond donors (Lipinski definition) is 1. The van der Waals surface area contributed by atoms with Gasteiger partial charge in [-0.05, 0) is 49.1 Å². The van der Waals surface area contributed by atoms with Gasteiger partial charge in [-0.1, -0.05) is 28.9 Å². The van der Waals surface area contributed by atoms with Crippen LogP contribution in [-0.4, -0.2) is 12.1 Å². The van der Waals surface area contributed by atoms with Gasteiger partial charge in [-0.2, -0.15) is 5.26 Å². The van der Waals surface area contributed by atoms with Gasteiger partial charge in [0.15, 0.2) is 0 Å². The summed E-state index contributed by atoms with van der Waals surface area (Å²) in [6.45, 7) is 3.05. The molecule has 1 aliphatic rings. The second-order valence-electron chi connectivity index (χ2n) is 4.71. The van der Waals surface area contributed by atoms with Crippen LogP contribution in [0.15, 0.2) is 22.7 Å². The Balaban J connectivity index is 2.22. The van der Waals surface area contributed by atoms with Crippen LogP contribution < -0.4 is 5.32 Å². The number of nitriles is 1. The maximum atomic E-state index is 9.43. The average Bonchev–Trinajstić information content (AvgIpc) is 2.36. The summed E-state index contributed by atoms with van der Waals surface area (Å²) in [5.41, 5.74) is 2.34. The van der Waals surface area contributed by atoms with Crippen molar-refractivity contribution in [1.82, 2.24) is 5.32 Å². The molecule has 3 heteroatoms. The lowest BCUT2D eigenvalue weighted by atomic mass is 9.79. The van der Waals surface area contributed by atoms with E-state index in [-0.39, 0.29) is 5.54 Å². The number of halogens is 1. The highest BCUT2D eigenvalue weighted by molar-refractivity contribution is 9.10. The summed E-state index contributed by atoms with van der Waals surface area (Å²) in [4.78, 5) is 0.